The highest BCUT2D eigenvalue weighted by Gasteiger charge is 2.23. The summed E-state index contributed by atoms with van der Waals surface area (Å²) in [4.78, 5) is 2.53. The zero-order valence-corrected chi connectivity index (χ0v) is 15.5. The highest BCUT2D eigenvalue weighted by atomic mass is 35.5. The van der Waals surface area contributed by atoms with Crippen molar-refractivity contribution in [2.45, 2.75) is 76.7 Å². The Kier molecular flexibility index (Phi) is 12.5. The van der Waals surface area contributed by atoms with Crippen LogP contribution in [0.3, 0.4) is 0 Å². The molecule has 1 saturated carbocycles. The Labute approximate surface area is 142 Å². The molecule has 3 nitrogen and oxygen atoms in total. The summed E-state index contributed by atoms with van der Waals surface area (Å²) in [6.45, 7) is 10.1. The lowest BCUT2D eigenvalue weighted by Gasteiger charge is -2.27. The first kappa shape index (κ1) is 20.2. The molecule has 0 aromatic carbocycles. The average Bonchev–Trinajstić information content (AvgIpc) is 2.54. The Hall–Kier alpha value is 0.170. The molecule has 0 spiro atoms. The molecule has 1 rings (SSSR count). The van der Waals surface area contributed by atoms with E-state index >= 15 is 0 Å². The van der Waals surface area contributed by atoms with Crippen molar-refractivity contribution >= 4 is 11.6 Å². The van der Waals surface area contributed by atoms with Gasteiger partial charge in [-0.05, 0) is 38.8 Å². The van der Waals surface area contributed by atoms with Crippen LogP contribution in [0.2, 0.25) is 0 Å². The van der Waals surface area contributed by atoms with E-state index in [1.807, 2.05) is 0 Å². The van der Waals surface area contributed by atoms with Crippen LogP contribution < -0.4 is 0 Å². The number of nitrogens with zero attached hydrogens (tertiary/aromatic N) is 1. The Morgan fingerprint density at radius 3 is 2.23 bits per heavy atom. The highest BCUT2D eigenvalue weighted by molar-refractivity contribution is 6.21. The number of alkyl halides is 1. The Bertz CT molecular complexity index is 245. The van der Waals surface area contributed by atoms with Gasteiger partial charge in [0.25, 0.3) is 0 Å². The molecule has 2 atom stereocenters. The summed E-state index contributed by atoms with van der Waals surface area (Å²) in [6, 6.07) is 0. The van der Waals surface area contributed by atoms with Crippen molar-refractivity contribution in [2.24, 2.45) is 0 Å². The maximum absolute atomic E-state index is 6.29. The molecule has 4 heteroatoms. The van der Waals surface area contributed by atoms with E-state index < -0.39 is 0 Å². The zero-order chi connectivity index (χ0) is 16.0. The third kappa shape index (κ3) is 9.34. The van der Waals surface area contributed by atoms with E-state index in [1.54, 1.807) is 0 Å². The van der Waals surface area contributed by atoms with Crippen molar-refractivity contribution in [1.82, 2.24) is 4.90 Å². The Morgan fingerprint density at radius 1 is 0.909 bits per heavy atom. The SMILES string of the molecule is CCCCN(CCCC)CCOCCOC1CCCCC1Cl. The minimum atomic E-state index is 0.201. The van der Waals surface area contributed by atoms with Gasteiger partial charge in [-0.25, -0.2) is 0 Å². The van der Waals surface area contributed by atoms with Gasteiger partial charge in [-0.1, -0.05) is 39.5 Å². The lowest BCUT2D eigenvalue weighted by molar-refractivity contribution is -0.0113. The van der Waals surface area contributed by atoms with Gasteiger partial charge in [0.15, 0.2) is 0 Å². The molecule has 1 aliphatic carbocycles. The fraction of sp³-hybridized carbons (Fsp3) is 1.00. The van der Waals surface area contributed by atoms with Gasteiger partial charge in [-0.3, -0.25) is 0 Å². The minimum absolute atomic E-state index is 0.201. The van der Waals surface area contributed by atoms with Gasteiger partial charge in [-0.15, -0.1) is 11.6 Å². The standard InChI is InChI=1S/C18H36ClNO2/c1-3-5-11-20(12-6-4-2)13-14-21-15-16-22-18-10-8-7-9-17(18)19/h17-18H,3-16H2,1-2H3. The number of halogens is 1. The number of unbranched alkanes of at least 4 members (excludes halogenated alkanes) is 2. The van der Waals surface area contributed by atoms with Crippen LogP contribution in [-0.2, 0) is 9.47 Å². The van der Waals surface area contributed by atoms with Gasteiger partial charge in [0.1, 0.15) is 0 Å². The fourth-order valence-corrected chi connectivity index (χ4v) is 3.25. The van der Waals surface area contributed by atoms with Crippen LogP contribution in [0, 0.1) is 0 Å². The molecule has 0 radical (unpaired) electrons. The molecular formula is C18H36ClNO2. The number of ether oxygens (including phenoxy) is 2. The van der Waals surface area contributed by atoms with Gasteiger partial charge in [0, 0.05) is 6.54 Å². The molecule has 2 unspecified atom stereocenters. The van der Waals surface area contributed by atoms with Gasteiger partial charge in [0.2, 0.25) is 0 Å². The van der Waals surface area contributed by atoms with E-state index in [0.29, 0.717) is 13.2 Å². The minimum Gasteiger partial charge on any atom is -0.378 e. The van der Waals surface area contributed by atoms with E-state index in [4.69, 9.17) is 21.1 Å². The molecule has 0 N–H and O–H groups in total. The van der Waals surface area contributed by atoms with Crippen LogP contribution in [0.15, 0.2) is 0 Å². The molecule has 0 aromatic rings. The maximum atomic E-state index is 6.29. The first-order valence-electron chi connectivity index (χ1n) is 9.33. The molecule has 0 aromatic heterocycles. The Morgan fingerprint density at radius 2 is 1.59 bits per heavy atom. The van der Waals surface area contributed by atoms with E-state index in [2.05, 4.69) is 18.7 Å². The topological polar surface area (TPSA) is 21.7 Å². The summed E-state index contributed by atoms with van der Waals surface area (Å²) in [5, 5.41) is 0.201. The first-order chi connectivity index (χ1) is 10.8. The molecule has 132 valence electrons. The second-order valence-corrected chi connectivity index (χ2v) is 6.93. The lowest BCUT2D eigenvalue weighted by Crippen LogP contribution is -2.31. The summed E-state index contributed by atoms with van der Waals surface area (Å²) < 4.78 is 11.6. The summed E-state index contributed by atoms with van der Waals surface area (Å²) in [6.07, 6.45) is 10.0. The van der Waals surface area contributed by atoms with Crippen LogP contribution >= 0.6 is 11.6 Å². The normalized spacial score (nSPS) is 22.4. The second-order valence-electron chi connectivity index (χ2n) is 6.37. The summed E-state index contributed by atoms with van der Waals surface area (Å²) >= 11 is 6.29. The van der Waals surface area contributed by atoms with Gasteiger partial charge in [-0.2, -0.15) is 0 Å². The first-order valence-corrected chi connectivity index (χ1v) is 9.77. The van der Waals surface area contributed by atoms with Crippen molar-refractivity contribution < 1.29 is 9.47 Å². The molecule has 0 saturated heterocycles. The number of hydrogen-bond acceptors (Lipinski definition) is 3. The van der Waals surface area contributed by atoms with Crippen molar-refractivity contribution in [3.63, 3.8) is 0 Å². The van der Waals surface area contributed by atoms with Gasteiger partial charge < -0.3 is 14.4 Å². The zero-order valence-electron chi connectivity index (χ0n) is 14.7. The van der Waals surface area contributed by atoms with Crippen LogP contribution in [0.25, 0.3) is 0 Å². The van der Waals surface area contributed by atoms with Crippen molar-refractivity contribution in [2.75, 3.05) is 39.5 Å². The van der Waals surface area contributed by atoms with E-state index in [1.165, 1.54) is 51.6 Å². The van der Waals surface area contributed by atoms with E-state index in [9.17, 15) is 0 Å². The molecule has 1 aliphatic rings. The predicted octanol–water partition coefficient (Wildman–Crippen LogP) is 4.47. The third-order valence-electron chi connectivity index (χ3n) is 4.39. The molecule has 0 bridgehead atoms. The van der Waals surface area contributed by atoms with Crippen LogP contribution in [0.5, 0.6) is 0 Å². The lowest BCUT2D eigenvalue weighted by atomic mass is 9.97. The largest absolute Gasteiger partial charge is 0.378 e. The predicted molar refractivity (Wildman–Crippen MR) is 94.9 cm³/mol. The van der Waals surface area contributed by atoms with Crippen LogP contribution in [-0.4, -0.2) is 55.8 Å². The molecule has 0 amide bonds. The van der Waals surface area contributed by atoms with Crippen molar-refractivity contribution in [1.29, 1.82) is 0 Å². The second kappa shape index (κ2) is 13.6. The summed E-state index contributed by atoms with van der Waals surface area (Å²) in [5.74, 6) is 0. The quantitative estimate of drug-likeness (QED) is 0.366. The maximum Gasteiger partial charge on any atom is 0.0739 e. The van der Waals surface area contributed by atoms with E-state index in [-0.39, 0.29) is 11.5 Å². The van der Waals surface area contributed by atoms with Gasteiger partial charge in [0.05, 0.1) is 31.3 Å². The third-order valence-corrected chi connectivity index (χ3v) is 4.89. The average molecular weight is 334 g/mol. The van der Waals surface area contributed by atoms with Crippen molar-refractivity contribution in [3.8, 4) is 0 Å². The van der Waals surface area contributed by atoms with Crippen molar-refractivity contribution in [3.05, 3.63) is 0 Å². The number of hydrogen-bond donors (Lipinski definition) is 0. The van der Waals surface area contributed by atoms with Gasteiger partial charge >= 0.3 is 0 Å². The molecule has 22 heavy (non-hydrogen) atoms. The molecule has 1 fully saturated rings. The smallest absolute Gasteiger partial charge is 0.0739 e. The fourth-order valence-electron chi connectivity index (χ4n) is 2.89. The molecule has 0 aliphatic heterocycles. The van der Waals surface area contributed by atoms with Crippen LogP contribution in [0.1, 0.15) is 65.2 Å². The van der Waals surface area contributed by atoms with E-state index in [0.717, 1.165) is 26.0 Å². The Balaban J connectivity index is 2.01. The van der Waals surface area contributed by atoms with Crippen LogP contribution in [0.4, 0.5) is 0 Å². The summed E-state index contributed by atoms with van der Waals surface area (Å²) in [5.41, 5.74) is 0. The number of rotatable bonds is 13. The highest BCUT2D eigenvalue weighted by Crippen LogP contribution is 2.25. The molecular weight excluding hydrogens is 298 g/mol. The monoisotopic (exact) mass is 333 g/mol. The summed E-state index contributed by atoms with van der Waals surface area (Å²) in [7, 11) is 0. The molecule has 0 heterocycles.